The monoisotopic (exact) mass is 294 g/mol. The van der Waals surface area contributed by atoms with Gasteiger partial charge in [-0.2, -0.15) is 0 Å². The van der Waals surface area contributed by atoms with E-state index in [2.05, 4.69) is 24.5 Å². The molecule has 5 heteroatoms. The minimum absolute atomic E-state index is 0.171. The van der Waals surface area contributed by atoms with E-state index in [9.17, 15) is 4.79 Å². The van der Waals surface area contributed by atoms with E-state index in [0.29, 0.717) is 5.92 Å². The molecule has 2 N–H and O–H groups in total. The summed E-state index contributed by atoms with van der Waals surface area (Å²) in [5.74, 6) is 1.88. The van der Waals surface area contributed by atoms with Crippen LogP contribution in [0.1, 0.15) is 37.4 Å². The van der Waals surface area contributed by atoms with Crippen LogP contribution in [-0.4, -0.2) is 27.3 Å². The average Bonchev–Trinajstić information content (AvgIpc) is 2.44. The van der Waals surface area contributed by atoms with Crippen molar-refractivity contribution in [3.8, 4) is 11.5 Å². The van der Waals surface area contributed by atoms with Crippen LogP contribution in [0, 0.1) is 12.8 Å². The highest BCUT2D eigenvalue weighted by atomic mass is 16.5. The van der Waals surface area contributed by atoms with Crippen LogP contribution in [0.25, 0.3) is 0 Å². The second-order valence-corrected chi connectivity index (χ2v) is 5.49. The fourth-order valence-corrected chi connectivity index (χ4v) is 2.36. The molecular weight excluding hydrogens is 268 g/mol. The molecule has 1 unspecified atom stereocenters. The number of benzene rings is 1. The molecule has 0 saturated carbocycles. The SMILES string of the molecule is CNC(=O)NC(CC(C)C)c1c(OC)cc(C)cc1OC. The Bertz CT molecular complexity index is 461. The molecule has 0 fully saturated rings. The van der Waals surface area contributed by atoms with Gasteiger partial charge in [0.25, 0.3) is 0 Å². The summed E-state index contributed by atoms with van der Waals surface area (Å²) in [4.78, 5) is 11.7. The zero-order valence-electron chi connectivity index (χ0n) is 13.7. The molecule has 0 aliphatic carbocycles. The fourth-order valence-electron chi connectivity index (χ4n) is 2.36. The Kier molecular flexibility index (Phi) is 6.34. The topological polar surface area (TPSA) is 59.6 Å². The summed E-state index contributed by atoms with van der Waals surface area (Å²) in [5, 5.41) is 5.57. The van der Waals surface area contributed by atoms with E-state index in [1.807, 2.05) is 19.1 Å². The number of carbonyl (C=O) groups excluding carboxylic acids is 1. The summed E-state index contributed by atoms with van der Waals surface area (Å²) in [6.07, 6.45) is 0.795. The maximum Gasteiger partial charge on any atom is 0.315 e. The number of methoxy groups -OCH3 is 2. The Labute approximate surface area is 127 Å². The molecule has 1 aromatic rings. The van der Waals surface area contributed by atoms with E-state index < -0.39 is 0 Å². The van der Waals surface area contributed by atoms with Gasteiger partial charge >= 0.3 is 6.03 Å². The second-order valence-electron chi connectivity index (χ2n) is 5.49. The van der Waals surface area contributed by atoms with Crippen LogP contribution in [0.15, 0.2) is 12.1 Å². The van der Waals surface area contributed by atoms with Gasteiger partial charge in [-0.1, -0.05) is 13.8 Å². The van der Waals surface area contributed by atoms with Crippen molar-refractivity contribution in [3.05, 3.63) is 23.3 Å². The third-order valence-electron chi connectivity index (χ3n) is 3.28. The molecule has 0 aromatic heterocycles. The number of carbonyl (C=O) groups is 1. The van der Waals surface area contributed by atoms with Crippen LogP contribution >= 0.6 is 0 Å². The standard InChI is InChI=1S/C16H26N2O3/c1-10(2)7-12(18-16(19)17-4)15-13(20-5)8-11(3)9-14(15)21-6/h8-10,12H,7H2,1-6H3,(H2,17,18,19). The maximum atomic E-state index is 11.7. The molecule has 2 amide bonds. The van der Waals surface area contributed by atoms with Gasteiger partial charge in [0.15, 0.2) is 0 Å². The van der Waals surface area contributed by atoms with Crippen molar-refractivity contribution in [2.45, 2.75) is 33.2 Å². The summed E-state index contributed by atoms with van der Waals surface area (Å²) in [7, 11) is 4.86. The van der Waals surface area contributed by atoms with Crippen molar-refractivity contribution in [2.75, 3.05) is 21.3 Å². The van der Waals surface area contributed by atoms with E-state index in [4.69, 9.17) is 9.47 Å². The number of amides is 2. The van der Waals surface area contributed by atoms with Crippen molar-refractivity contribution < 1.29 is 14.3 Å². The van der Waals surface area contributed by atoms with Crippen LogP contribution in [0.5, 0.6) is 11.5 Å². The number of hydrogen-bond acceptors (Lipinski definition) is 3. The lowest BCUT2D eigenvalue weighted by atomic mass is 9.94. The van der Waals surface area contributed by atoms with Crippen LogP contribution < -0.4 is 20.1 Å². The largest absolute Gasteiger partial charge is 0.496 e. The molecule has 1 rings (SSSR count). The zero-order valence-corrected chi connectivity index (χ0v) is 13.7. The van der Waals surface area contributed by atoms with Crippen LogP contribution in [0.3, 0.4) is 0 Å². The van der Waals surface area contributed by atoms with E-state index in [1.54, 1.807) is 21.3 Å². The number of aryl methyl sites for hydroxylation is 1. The minimum Gasteiger partial charge on any atom is -0.496 e. The summed E-state index contributed by atoms with van der Waals surface area (Å²) in [6.45, 7) is 6.22. The molecule has 0 bridgehead atoms. The summed E-state index contributed by atoms with van der Waals surface area (Å²) in [5.41, 5.74) is 1.93. The minimum atomic E-state index is -0.217. The van der Waals surface area contributed by atoms with Crippen molar-refractivity contribution in [3.63, 3.8) is 0 Å². The molecule has 118 valence electrons. The third kappa shape index (κ3) is 4.55. The maximum absolute atomic E-state index is 11.7. The van der Waals surface area contributed by atoms with E-state index >= 15 is 0 Å². The van der Waals surface area contributed by atoms with Crippen LogP contribution in [0.4, 0.5) is 4.79 Å². The molecular formula is C16H26N2O3. The van der Waals surface area contributed by atoms with Gasteiger partial charge in [0, 0.05) is 7.05 Å². The Morgan fingerprint density at radius 3 is 2.10 bits per heavy atom. The highest BCUT2D eigenvalue weighted by Crippen LogP contribution is 2.38. The molecule has 0 aliphatic rings. The lowest BCUT2D eigenvalue weighted by molar-refractivity contribution is 0.236. The highest BCUT2D eigenvalue weighted by Gasteiger charge is 2.24. The summed E-state index contributed by atoms with van der Waals surface area (Å²) < 4.78 is 11.0. The van der Waals surface area contributed by atoms with Crippen molar-refractivity contribution in [2.24, 2.45) is 5.92 Å². The van der Waals surface area contributed by atoms with Crippen molar-refractivity contribution in [1.29, 1.82) is 0 Å². The van der Waals surface area contributed by atoms with Gasteiger partial charge in [-0.15, -0.1) is 0 Å². The van der Waals surface area contributed by atoms with Crippen molar-refractivity contribution >= 4 is 6.03 Å². The molecule has 1 atom stereocenters. The van der Waals surface area contributed by atoms with E-state index in [1.165, 1.54) is 0 Å². The van der Waals surface area contributed by atoms with E-state index in [-0.39, 0.29) is 12.1 Å². The first-order chi connectivity index (χ1) is 9.92. The van der Waals surface area contributed by atoms with Crippen molar-refractivity contribution in [1.82, 2.24) is 10.6 Å². The molecule has 0 saturated heterocycles. The van der Waals surface area contributed by atoms with Gasteiger partial charge in [0.1, 0.15) is 11.5 Å². The average molecular weight is 294 g/mol. The Morgan fingerprint density at radius 2 is 1.71 bits per heavy atom. The van der Waals surface area contributed by atoms with E-state index in [0.717, 1.165) is 29.0 Å². The van der Waals surface area contributed by atoms with Crippen LogP contribution in [0.2, 0.25) is 0 Å². The lowest BCUT2D eigenvalue weighted by Gasteiger charge is -2.25. The fraction of sp³-hybridized carbons (Fsp3) is 0.562. The quantitative estimate of drug-likeness (QED) is 0.848. The van der Waals surface area contributed by atoms with Gasteiger partial charge in [0.2, 0.25) is 0 Å². The van der Waals surface area contributed by atoms with Gasteiger partial charge in [-0.3, -0.25) is 0 Å². The predicted octanol–water partition coefficient (Wildman–Crippen LogP) is 3.03. The molecule has 0 radical (unpaired) electrons. The number of hydrogen-bond donors (Lipinski definition) is 2. The first-order valence-corrected chi connectivity index (χ1v) is 7.13. The molecule has 21 heavy (non-hydrogen) atoms. The number of ether oxygens (including phenoxy) is 2. The smallest absolute Gasteiger partial charge is 0.315 e. The molecule has 0 spiro atoms. The summed E-state index contributed by atoms with van der Waals surface area (Å²) in [6, 6.07) is 3.52. The first kappa shape index (κ1) is 17.1. The van der Waals surface area contributed by atoms with Gasteiger partial charge in [-0.05, 0) is 37.0 Å². The van der Waals surface area contributed by atoms with Gasteiger partial charge < -0.3 is 20.1 Å². The zero-order chi connectivity index (χ0) is 16.0. The number of nitrogens with one attached hydrogen (secondary N) is 2. The Hall–Kier alpha value is -1.91. The molecule has 5 nitrogen and oxygen atoms in total. The van der Waals surface area contributed by atoms with Gasteiger partial charge in [-0.25, -0.2) is 4.79 Å². The van der Waals surface area contributed by atoms with Gasteiger partial charge in [0.05, 0.1) is 25.8 Å². The number of rotatable bonds is 6. The first-order valence-electron chi connectivity index (χ1n) is 7.13. The number of urea groups is 1. The molecule has 1 aromatic carbocycles. The van der Waals surface area contributed by atoms with Crippen LogP contribution in [-0.2, 0) is 0 Å². The predicted molar refractivity (Wildman–Crippen MR) is 84.1 cm³/mol. The second kappa shape index (κ2) is 7.76. The molecule has 0 aliphatic heterocycles. The Balaban J connectivity index is 3.30. The Morgan fingerprint density at radius 1 is 1.19 bits per heavy atom. The summed E-state index contributed by atoms with van der Waals surface area (Å²) >= 11 is 0. The third-order valence-corrected chi connectivity index (χ3v) is 3.28. The normalized spacial score (nSPS) is 12.0. The lowest BCUT2D eigenvalue weighted by Crippen LogP contribution is -2.36. The highest BCUT2D eigenvalue weighted by molar-refractivity contribution is 5.74. The molecule has 0 heterocycles.